The molecule has 1 atom stereocenters. The van der Waals surface area contributed by atoms with Crippen molar-refractivity contribution in [2.45, 2.75) is 57.6 Å². The van der Waals surface area contributed by atoms with Crippen molar-refractivity contribution in [3.05, 3.63) is 24.2 Å². The molecule has 3 heteroatoms. The van der Waals surface area contributed by atoms with Crippen molar-refractivity contribution in [2.75, 3.05) is 5.75 Å². The second kappa shape index (κ2) is 9.26. The average Bonchev–Trinajstić information content (AvgIpc) is 2.85. The normalized spacial score (nSPS) is 12.6. The third-order valence-corrected chi connectivity index (χ3v) is 4.23. The Morgan fingerprint density at radius 2 is 2.11 bits per heavy atom. The first-order valence-electron chi connectivity index (χ1n) is 6.88. The highest BCUT2D eigenvalue weighted by Gasteiger charge is 2.16. The van der Waals surface area contributed by atoms with Crippen molar-refractivity contribution in [1.29, 1.82) is 0 Å². The Bertz CT molecular complexity index is 319. The summed E-state index contributed by atoms with van der Waals surface area (Å²) in [6, 6.07) is 3.86. The molecule has 0 N–H and O–H groups in total. The Morgan fingerprint density at radius 3 is 2.72 bits per heavy atom. The van der Waals surface area contributed by atoms with Gasteiger partial charge in [0.1, 0.15) is 11.5 Å². The molecule has 0 spiro atoms. The fraction of sp³-hybridized carbons (Fsp3) is 0.667. The van der Waals surface area contributed by atoms with Gasteiger partial charge in [0.25, 0.3) is 0 Å². The summed E-state index contributed by atoms with van der Waals surface area (Å²) in [7, 11) is 0. The quantitative estimate of drug-likeness (QED) is 0.559. The summed E-state index contributed by atoms with van der Waals surface area (Å²) in [6.07, 6.45) is 8.74. The molecule has 0 radical (unpaired) electrons. The van der Waals surface area contributed by atoms with Crippen LogP contribution in [0.2, 0.25) is 0 Å². The van der Waals surface area contributed by atoms with Crippen molar-refractivity contribution in [3.8, 4) is 0 Å². The second-order valence-corrected chi connectivity index (χ2v) is 6.01. The molecular formula is C15H24O2S. The number of carbonyl (C=O) groups excluding carboxylic acids is 1. The number of carbonyl (C=O) groups is 1. The smallest absolute Gasteiger partial charge is 0.131 e. The number of ketones is 1. The summed E-state index contributed by atoms with van der Waals surface area (Å²) in [5.74, 6) is 2.28. The molecule has 1 unspecified atom stereocenters. The largest absolute Gasteiger partial charge is 0.468 e. The van der Waals surface area contributed by atoms with E-state index in [9.17, 15) is 4.79 Å². The molecule has 0 saturated heterocycles. The lowest BCUT2D eigenvalue weighted by Crippen LogP contribution is -2.01. The van der Waals surface area contributed by atoms with Crippen LogP contribution in [0.25, 0.3) is 0 Å². The zero-order valence-electron chi connectivity index (χ0n) is 11.5. The number of hydrogen-bond acceptors (Lipinski definition) is 3. The van der Waals surface area contributed by atoms with Gasteiger partial charge >= 0.3 is 0 Å². The highest BCUT2D eigenvalue weighted by Crippen LogP contribution is 2.33. The summed E-state index contributed by atoms with van der Waals surface area (Å²) in [6.45, 7) is 3.88. The van der Waals surface area contributed by atoms with Crippen LogP contribution in [-0.2, 0) is 4.79 Å². The number of rotatable bonds is 10. The van der Waals surface area contributed by atoms with Gasteiger partial charge in [0.2, 0.25) is 0 Å². The summed E-state index contributed by atoms with van der Waals surface area (Å²) in [4.78, 5) is 11.3. The van der Waals surface area contributed by atoms with E-state index in [1.165, 1.54) is 32.1 Å². The molecule has 0 bridgehead atoms. The van der Waals surface area contributed by atoms with Gasteiger partial charge in [-0.3, -0.25) is 4.79 Å². The molecule has 0 aliphatic heterocycles. The van der Waals surface area contributed by atoms with Gasteiger partial charge < -0.3 is 4.42 Å². The maximum atomic E-state index is 11.3. The van der Waals surface area contributed by atoms with E-state index in [0.29, 0.717) is 6.42 Å². The Morgan fingerprint density at radius 1 is 1.33 bits per heavy atom. The third kappa shape index (κ3) is 6.29. The molecule has 0 amide bonds. The van der Waals surface area contributed by atoms with Crippen LogP contribution in [0.5, 0.6) is 0 Å². The first-order valence-corrected chi connectivity index (χ1v) is 7.93. The maximum absolute atomic E-state index is 11.3. The molecule has 18 heavy (non-hydrogen) atoms. The van der Waals surface area contributed by atoms with Gasteiger partial charge in [-0.1, -0.05) is 32.6 Å². The summed E-state index contributed by atoms with van der Waals surface area (Å²) < 4.78 is 5.42. The van der Waals surface area contributed by atoms with Crippen molar-refractivity contribution >= 4 is 17.5 Å². The summed E-state index contributed by atoms with van der Waals surface area (Å²) in [5, 5.41) is 0.198. The second-order valence-electron chi connectivity index (χ2n) is 4.70. The van der Waals surface area contributed by atoms with Crippen LogP contribution in [0.1, 0.15) is 63.4 Å². The lowest BCUT2D eigenvalue weighted by atomic mass is 10.2. The van der Waals surface area contributed by atoms with E-state index in [4.69, 9.17) is 4.42 Å². The topological polar surface area (TPSA) is 30.2 Å². The lowest BCUT2D eigenvalue weighted by Gasteiger charge is -2.12. The van der Waals surface area contributed by atoms with Crippen LogP contribution in [0.15, 0.2) is 22.8 Å². The predicted octanol–water partition coefficient (Wildman–Crippen LogP) is 5.00. The summed E-state index contributed by atoms with van der Waals surface area (Å²) >= 11 is 1.85. The van der Waals surface area contributed by atoms with Crippen LogP contribution in [-0.4, -0.2) is 11.5 Å². The Kier molecular flexibility index (Phi) is 7.90. The van der Waals surface area contributed by atoms with Gasteiger partial charge in [-0.15, -0.1) is 11.8 Å². The first-order chi connectivity index (χ1) is 8.74. The Hall–Kier alpha value is -0.700. The monoisotopic (exact) mass is 268 g/mol. The van der Waals surface area contributed by atoms with E-state index in [1.54, 1.807) is 13.2 Å². The molecular weight excluding hydrogens is 244 g/mol. The standard InChI is InChI=1S/C15H24O2S/c1-3-4-5-6-7-11-18-15(12-13(2)16)14-9-8-10-17-14/h8-10,15H,3-7,11-12H2,1-2H3. The zero-order valence-corrected chi connectivity index (χ0v) is 12.3. The fourth-order valence-electron chi connectivity index (χ4n) is 1.91. The maximum Gasteiger partial charge on any atom is 0.131 e. The van der Waals surface area contributed by atoms with E-state index < -0.39 is 0 Å². The molecule has 2 nitrogen and oxygen atoms in total. The van der Waals surface area contributed by atoms with Crippen LogP contribution < -0.4 is 0 Å². The fourth-order valence-corrected chi connectivity index (χ4v) is 3.21. The molecule has 1 aromatic rings. The van der Waals surface area contributed by atoms with E-state index in [2.05, 4.69) is 6.92 Å². The number of furan rings is 1. The SMILES string of the molecule is CCCCCCCSC(CC(C)=O)c1ccco1. The van der Waals surface area contributed by atoms with Crippen molar-refractivity contribution in [1.82, 2.24) is 0 Å². The number of unbranched alkanes of at least 4 members (excludes halogenated alkanes) is 4. The minimum absolute atomic E-state index is 0.198. The van der Waals surface area contributed by atoms with E-state index >= 15 is 0 Å². The average molecular weight is 268 g/mol. The van der Waals surface area contributed by atoms with Crippen LogP contribution in [0, 0.1) is 0 Å². The molecule has 0 saturated carbocycles. The Balaban J connectivity index is 2.27. The minimum atomic E-state index is 0.198. The van der Waals surface area contributed by atoms with Crippen molar-refractivity contribution in [3.63, 3.8) is 0 Å². The highest BCUT2D eigenvalue weighted by atomic mass is 32.2. The van der Waals surface area contributed by atoms with Gasteiger partial charge in [-0.05, 0) is 31.2 Å². The van der Waals surface area contributed by atoms with Gasteiger partial charge in [0.05, 0.1) is 11.5 Å². The van der Waals surface area contributed by atoms with Crippen LogP contribution in [0.3, 0.4) is 0 Å². The van der Waals surface area contributed by atoms with Gasteiger partial charge in [0, 0.05) is 6.42 Å². The molecule has 0 aliphatic rings. The van der Waals surface area contributed by atoms with Gasteiger partial charge in [0.15, 0.2) is 0 Å². The predicted molar refractivity (Wildman–Crippen MR) is 78.0 cm³/mol. The first kappa shape index (κ1) is 15.4. The van der Waals surface area contributed by atoms with E-state index in [-0.39, 0.29) is 11.0 Å². The van der Waals surface area contributed by atoms with Crippen molar-refractivity contribution in [2.24, 2.45) is 0 Å². The molecule has 1 rings (SSSR count). The van der Waals surface area contributed by atoms with Crippen molar-refractivity contribution < 1.29 is 9.21 Å². The van der Waals surface area contributed by atoms with Gasteiger partial charge in [-0.2, -0.15) is 0 Å². The minimum Gasteiger partial charge on any atom is -0.468 e. The third-order valence-electron chi connectivity index (χ3n) is 2.90. The molecule has 0 aromatic carbocycles. The summed E-state index contributed by atoms with van der Waals surface area (Å²) in [5.41, 5.74) is 0. The van der Waals surface area contributed by atoms with E-state index in [0.717, 1.165) is 11.5 Å². The zero-order chi connectivity index (χ0) is 13.2. The number of Topliss-reactive ketones (excluding diaryl/α,β-unsaturated/α-hetero) is 1. The van der Waals surface area contributed by atoms with Crippen LogP contribution in [0.4, 0.5) is 0 Å². The number of thioether (sulfide) groups is 1. The van der Waals surface area contributed by atoms with Gasteiger partial charge in [-0.25, -0.2) is 0 Å². The number of hydrogen-bond donors (Lipinski definition) is 0. The Labute approximate surface area is 115 Å². The molecule has 1 heterocycles. The van der Waals surface area contributed by atoms with E-state index in [1.807, 2.05) is 23.9 Å². The molecule has 102 valence electrons. The highest BCUT2D eigenvalue weighted by molar-refractivity contribution is 7.99. The lowest BCUT2D eigenvalue weighted by molar-refractivity contribution is -0.117. The van der Waals surface area contributed by atoms with Crippen LogP contribution >= 0.6 is 11.8 Å². The molecule has 0 fully saturated rings. The molecule has 1 aromatic heterocycles. The molecule has 0 aliphatic carbocycles.